The summed E-state index contributed by atoms with van der Waals surface area (Å²) in [6.07, 6.45) is -0.226. The molecule has 92 valence electrons. The first-order valence-electron chi connectivity index (χ1n) is 5.98. The third-order valence-electron chi connectivity index (χ3n) is 2.75. The largest absolute Gasteiger partial charge is 0.457 e. The van der Waals surface area contributed by atoms with Crippen LogP contribution in [-0.2, 0) is 9.47 Å². The molecule has 3 nitrogen and oxygen atoms in total. The summed E-state index contributed by atoms with van der Waals surface area (Å²) >= 11 is 0. The molecule has 18 heavy (non-hydrogen) atoms. The molecule has 1 fully saturated rings. The molecule has 0 N–H and O–H groups in total. The van der Waals surface area contributed by atoms with Gasteiger partial charge in [-0.2, -0.15) is 0 Å². The monoisotopic (exact) mass is 242 g/mol. The number of benzene rings is 2. The van der Waals surface area contributed by atoms with E-state index in [9.17, 15) is 0 Å². The first-order chi connectivity index (χ1) is 8.92. The number of hydrogen-bond donors (Lipinski definition) is 0. The Morgan fingerprint density at radius 3 is 2.06 bits per heavy atom. The number of para-hydroxylation sites is 1. The predicted molar refractivity (Wildman–Crippen MR) is 67.6 cm³/mol. The lowest BCUT2D eigenvalue weighted by atomic mass is 10.2. The van der Waals surface area contributed by atoms with Crippen LogP contribution in [0, 0.1) is 0 Å². The van der Waals surface area contributed by atoms with Crippen molar-refractivity contribution in [2.24, 2.45) is 0 Å². The van der Waals surface area contributed by atoms with E-state index in [1.807, 2.05) is 54.6 Å². The van der Waals surface area contributed by atoms with E-state index < -0.39 is 0 Å². The Labute approximate surface area is 106 Å². The van der Waals surface area contributed by atoms with Gasteiger partial charge in [0.1, 0.15) is 11.5 Å². The van der Waals surface area contributed by atoms with Crippen molar-refractivity contribution in [3.63, 3.8) is 0 Å². The molecule has 2 aromatic rings. The summed E-state index contributed by atoms with van der Waals surface area (Å²) in [5.41, 5.74) is 1.02. The zero-order valence-corrected chi connectivity index (χ0v) is 9.91. The summed E-state index contributed by atoms with van der Waals surface area (Å²) < 4.78 is 16.6. The molecule has 0 aliphatic carbocycles. The van der Waals surface area contributed by atoms with Crippen molar-refractivity contribution in [2.45, 2.75) is 6.29 Å². The van der Waals surface area contributed by atoms with E-state index in [0.717, 1.165) is 17.1 Å². The zero-order chi connectivity index (χ0) is 12.2. The van der Waals surface area contributed by atoms with E-state index in [4.69, 9.17) is 14.2 Å². The lowest BCUT2D eigenvalue weighted by molar-refractivity contribution is -0.0441. The minimum atomic E-state index is -0.226. The summed E-state index contributed by atoms with van der Waals surface area (Å²) in [7, 11) is 0. The average molecular weight is 242 g/mol. The minimum absolute atomic E-state index is 0.226. The van der Waals surface area contributed by atoms with Gasteiger partial charge in [-0.25, -0.2) is 0 Å². The van der Waals surface area contributed by atoms with E-state index in [1.54, 1.807) is 0 Å². The lowest BCUT2D eigenvalue weighted by Gasteiger charge is -2.10. The van der Waals surface area contributed by atoms with Crippen molar-refractivity contribution in [3.05, 3.63) is 60.2 Å². The van der Waals surface area contributed by atoms with Crippen molar-refractivity contribution >= 4 is 0 Å². The van der Waals surface area contributed by atoms with Crippen LogP contribution in [0.1, 0.15) is 11.9 Å². The van der Waals surface area contributed by atoms with Gasteiger partial charge in [0.15, 0.2) is 6.29 Å². The summed E-state index contributed by atoms with van der Waals surface area (Å²) in [6.45, 7) is 1.32. The van der Waals surface area contributed by atoms with Crippen LogP contribution in [0.4, 0.5) is 0 Å². The van der Waals surface area contributed by atoms with Gasteiger partial charge in [-0.05, 0) is 24.3 Å². The Balaban J connectivity index is 1.71. The second kappa shape index (κ2) is 5.21. The molecule has 0 aromatic heterocycles. The Bertz CT molecular complexity index is 487. The van der Waals surface area contributed by atoms with Crippen LogP contribution < -0.4 is 4.74 Å². The molecule has 0 radical (unpaired) electrons. The van der Waals surface area contributed by atoms with Gasteiger partial charge < -0.3 is 14.2 Å². The van der Waals surface area contributed by atoms with E-state index in [-0.39, 0.29) is 6.29 Å². The Kier molecular flexibility index (Phi) is 3.26. The number of hydrogen-bond acceptors (Lipinski definition) is 3. The SMILES string of the molecule is c1ccc(Oc2ccc(C3OCCO3)cc2)cc1. The topological polar surface area (TPSA) is 27.7 Å². The molecule has 0 spiro atoms. The quantitative estimate of drug-likeness (QED) is 0.824. The summed E-state index contributed by atoms with van der Waals surface area (Å²) in [5.74, 6) is 1.64. The minimum Gasteiger partial charge on any atom is -0.457 e. The zero-order valence-electron chi connectivity index (χ0n) is 9.91. The van der Waals surface area contributed by atoms with Gasteiger partial charge >= 0.3 is 0 Å². The van der Waals surface area contributed by atoms with E-state index in [0.29, 0.717) is 13.2 Å². The van der Waals surface area contributed by atoms with Crippen LogP contribution in [0.2, 0.25) is 0 Å². The average Bonchev–Trinajstić information content (AvgIpc) is 2.95. The number of rotatable bonds is 3. The van der Waals surface area contributed by atoms with Gasteiger partial charge in [0, 0.05) is 5.56 Å². The Hall–Kier alpha value is -1.84. The molecular weight excluding hydrogens is 228 g/mol. The first-order valence-corrected chi connectivity index (χ1v) is 5.98. The molecule has 0 atom stereocenters. The van der Waals surface area contributed by atoms with E-state index in [2.05, 4.69) is 0 Å². The molecule has 1 aliphatic heterocycles. The highest BCUT2D eigenvalue weighted by atomic mass is 16.7. The smallest absolute Gasteiger partial charge is 0.184 e. The molecule has 2 aromatic carbocycles. The molecule has 1 saturated heterocycles. The molecule has 3 heteroatoms. The van der Waals surface area contributed by atoms with Crippen molar-refractivity contribution in [1.29, 1.82) is 0 Å². The maximum atomic E-state index is 5.71. The molecule has 3 rings (SSSR count). The highest BCUT2D eigenvalue weighted by molar-refractivity contribution is 5.33. The van der Waals surface area contributed by atoms with Gasteiger partial charge in [-0.1, -0.05) is 30.3 Å². The van der Waals surface area contributed by atoms with Crippen LogP contribution in [0.3, 0.4) is 0 Å². The summed E-state index contributed by atoms with van der Waals surface area (Å²) in [5, 5.41) is 0. The molecule has 0 unspecified atom stereocenters. The molecule has 0 bridgehead atoms. The summed E-state index contributed by atoms with van der Waals surface area (Å²) in [4.78, 5) is 0. The molecule has 0 saturated carbocycles. The number of ether oxygens (including phenoxy) is 3. The Morgan fingerprint density at radius 1 is 0.778 bits per heavy atom. The molecule has 1 heterocycles. The fourth-order valence-corrected chi connectivity index (χ4v) is 1.87. The van der Waals surface area contributed by atoms with Crippen LogP contribution in [0.5, 0.6) is 11.5 Å². The van der Waals surface area contributed by atoms with E-state index >= 15 is 0 Å². The maximum absolute atomic E-state index is 5.71. The van der Waals surface area contributed by atoms with Crippen molar-refractivity contribution in [1.82, 2.24) is 0 Å². The van der Waals surface area contributed by atoms with Gasteiger partial charge in [0.2, 0.25) is 0 Å². The van der Waals surface area contributed by atoms with Gasteiger partial charge in [-0.3, -0.25) is 0 Å². The van der Waals surface area contributed by atoms with E-state index in [1.165, 1.54) is 0 Å². The van der Waals surface area contributed by atoms with Gasteiger partial charge in [0.05, 0.1) is 13.2 Å². The third kappa shape index (κ3) is 2.53. The summed E-state index contributed by atoms with van der Waals surface area (Å²) in [6, 6.07) is 17.5. The first kappa shape index (κ1) is 11.3. The lowest BCUT2D eigenvalue weighted by Crippen LogP contribution is -1.97. The second-order valence-electron chi connectivity index (χ2n) is 4.06. The fraction of sp³-hybridized carbons (Fsp3) is 0.200. The van der Waals surface area contributed by atoms with Crippen LogP contribution in [0.25, 0.3) is 0 Å². The van der Waals surface area contributed by atoms with Crippen molar-refractivity contribution in [2.75, 3.05) is 13.2 Å². The highest BCUT2D eigenvalue weighted by Gasteiger charge is 2.17. The van der Waals surface area contributed by atoms with Crippen molar-refractivity contribution < 1.29 is 14.2 Å². The molecule has 0 amide bonds. The van der Waals surface area contributed by atoms with Gasteiger partial charge in [-0.15, -0.1) is 0 Å². The fourth-order valence-electron chi connectivity index (χ4n) is 1.87. The second-order valence-corrected chi connectivity index (χ2v) is 4.06. The van der Waals surface area contributed by atoms with Crippen molar-refractivity contribution in [3.8, 4) is 11.5 Å². The van der Waals surface area contributed by atoms with Crippen LogP contribution in [0.15, 0.2) is 54.6 Å². The van der Waals surface area contributed by atoms with Crippen LogP contribution in [-0.4, -0.2) is 13.2 Å². The third-order valence-corrected chi connectivity index (χ3v) is 2.75. The standard InChI is InChI=1S/C15H14O3/c1-2-4-13(5-3-1)18-14-8-6-12(7-9-14)15-16-10-11-17-15/h1-9,15H,10-11H2. The van der Waals surface area contributed by atoms with Gasteiger partial charge in [0.25, 0.3) is 0 Å². The molecular formula is C15H14O3. The normalized spacial score (nSPS) is 15.8. The maximum Gasteiger partial charge on any atom is 0.184 e. The van der Waals surface area contributed by atoms with Crippen LogP contribution >= 0.6 is 0 Å². The predicted octanol–water partition coefficient (Wildman–Crippen LogP) is 3.52. The highest BCUT2D eigenvalue weighted by Crippen LogP contribution is 2.26. The molecule has 1 aliphatic rings. The Morgan fingerprint density at radius 2 is 1.39 bits per heavy atom.